The molecule has 0 bridgehead atoms. The molecule has 0 aromatic carbocycles. The Bertz CT molecular complexity index is 334. The largest absolute Gasteiger partial charge is 1.00 e. The van der Waals surface area contributed by atoms with Gasteiger partial charge in [0.1, 0.15) is 6.54 Å². The second-order valence-corrected chi connectivity index (χ2v) is 6.50. The Morgan fingerprint density at radius 1 is 0.682 bits per heavy atom. The summed E-state index contributed by atoms with van der Waals surface area (Å²) in [6.07, 6.45) is 21.5. The summed E-state index contributed by atoms with van der Waals surface area (Å²) in [6, 6.07) is 4.39. The first-order valence-electron chi connectivity index (χ1n) is 9.28. The Labute approximate surface area is 144 Å². The SMILES string of the molecule is CCCCCCCCCCCCCC[n+]1ccc(C)cc1.[Cl-]. The molecule has 1 rings (SSSR count). The zero-order chi connectivity index (χ0) is 15.2. The monoisotopic (exact) mass is 325 g/mol. The Balaban J connectivity index is 0.00000441. The van der Waals surface area contributed by atoms with E-state index in [1.165, 1.54) is 89.2 Å². The lowest BCUT2D eigenvalue weighted by molar-refractivity contribution is -0.697. The van der Waals surface area contributed by atoms with Crippen LogP contribution in [-0.4, -0.2) is 0 Å². The first-order chi connectivity index (χ1) is 10.3. The van der Waals surface area contributed by atoms with Gasteiger partial charge < -0.3 is 12.4 Å². The number of aryl methyl sites for hydroxylation is 2. The third kappa shape index (κ3) is 12.0. The van der Waals surface area contributed by atoms with Gasteiger partial charge >= 0.3 is 0 Å². The lowest BCUT2D eigenvalue weighted by Crippen LogP contribution is -3.00. The van der Waals surface area contributed by atoms with E-state index in [1.54, 1.807) is 0 Å². The smallest absolute Gasteiger partial charge is 0.169 e. The molecule has 0 radical (unpaired) electrons. The fourth-order valence-corrected chi connectivity index (χ4v) is 2.82. The van der Waals surface area contributed by atoms with E-state index in [0.29, 0.717) is 0 Å². The maximum atomic E-state index is 2.31. The van der Waals surface area contributed by atoms with E-state index < -0.39 is 0 Å². The van der Waals surface area contributed by atoms with E-state index in [2.05, 4.69) is 42.9 Å². The molecule has 0 saturated heterocycles. The summed E-state index contributed by atoms with van der Waals surface area (Å²) in [5.41, 5.74) is 1.35. The Kier molecular flexibility index (Phi) is 14.9. The van der Waals surface area contributed by atoms with Crippen molar-refractivity contribution in [2.24, 2.45) is 0 Å². The zero-order valence-electron chi connectivity index (χ0n) is 14.8. The van der Waals surface area contributed by atoms with E-state index >= 15 is 0 Å². The van der Waals surface area contributed by atoms with E-state index in [4.69, 9.17) is 0 Å². The Morgan fingerprint density at radius 2 is 1.09 bits per heavy atom. The molecule has 1 aromatic rings. The fourth-order valence-electron chi connectivity index (χ4n) is 2.82. The summed E-state index contributed by atoms with van der Waals surface area (Å²) in [7, 11) is 0. The summed E-state index contributed by atoms with van der Waals surface area (Å²) >= 11 is 0. The van der Waals surface area contributed by atoms with Gasteiger partial charge in [-0.15, -0.1) is 0 Å². The summed E-state index contributed by atoms with van der Waals surface area (Å²) in [5.74, 6) is 0. The highest BCUT2D eigenvalue weighted by Gasteiger charge is 1.99. The highest BCUT2D eigenvalue weighted by atomic mass is 35.5. The summed E-state index contributed by atoms with van der Waals surface area (Å²) in [6.45, 7) is 5.61. The van der Waals surface area contributed by atoms with Crippen LogP contribution in [0.25, 0.3) is 0 Å². The highest BCUT2D eigenvalue weighted by Crippen LogP contribution is 2.11. The van der Waals surface area contributed by atoms with Crippen molar-refractivity contribution in [3.8, 4) is 0 Å². The van der Waals surface area contributed by atoms with Gasteiger partial charge in [0, 0.05) is 18.6 Å². The minimum absolute atomic E-state index is 0. The van der Waals surface area contributed by atoms with Crippen molar-refractivity contribution in [3.05, 3.63) is 30.1 Å². The molecule has 0 aliphatic rings. The van der Waals surface area contributed by atoms with Gasteiger partial charge in [-0.2, -0.15) is 0 Å². The van der Waals surface area contributed by atoms with Crippen molar-refractivity contribution in [3.63, 3.8) is 0 Å². The molecule has 22 heavy (non-hydrogen) atoms. The normalized spacial score (nSPS) is 10.5. The minimum atomic E-state index is 0. The molecule has 0 aliphatic carbocycles. The van der Waals surface area contributed by atoms with Crippen LogP contribution in [0.15, 0.2) is 24.5 Å². The van der Waals surface area contributed by atoms with Gasteiger partial charge in [0.25, 0.3) is 0 Å². The van der Waals surface area contributed by atoms with Crippen molar-refractivity contribution < 1.29 is 17.0 Å². The number of pyridine rings is 1. The number of aromatic nitrogens is 1. The van der Waals surface area contributed by atoms with Crippen molar-refractivity contribution >= 4 is 0 Å². The average Bonchev–Trinajstić information content (AvgIpc) is 2.50. The molecule has 0 unspecified atom stereocenters. The summed E-state index contributed by atoms with van der Waals surface area (Å²) < 4.78 is 2.31. The predicted molar refractivity (Wildman–Crippen MR) is 92.5 cm³/mol. The van der Waals surface area contributed by atoms with Crippen molar-refractivity contribution in [1.29, 1.82) is 0 Å². The van der Waals surface area contributed by atoms with E-state index in [9.17, 15) is 0 Å². The van der Waals surface area contributed by atoms with Crippen molar-refractivity contribution in [2.75, 3.05) is 0 Å². The summed E-state index contributed by atoms with van der Waals surface area (Å²) in [4.78, 5) is 0. The van der Waals surface area contributed by atoms with Crippen LogP contribution < -0.4 is 17.0 Å². The van der Waals surface area contributed by atoms with Crippen LogP contribution in [0.2, 0.25) is 0 Å². The predicted octanol–water partition coefficient (Wildman–Crippen LogP) is 2.99. The Morgan fingerprint density at radius 3 is 1.55 bits per heavy atom. The van der Waals surface area contributed by atoms with Gasteiger partial charge in [-0.1, -0.05) is 71.1 Å². The fraction of sp³-hybridized carbons (Fsp3) is 0.750. The Hall–Kier alpha value is -0.560. The average molecular weight is 326 g/mol. The van der Waals surface area contributed by atoms with Gasteiger partial charge in [0.05, 0.1) is 0 Å². The molecular weight excluding hydrogens is 290 g/mol. The van der Waals surface area contributed by atoms with Crippen molar-refractivity contribution in [1.82, 2.24) is 0 Å². The maximum Gasteiger partial charge on any atom is 0.169 e. The highest BCUT2D eigenvalue weighted by molar-refractivity contribution is 5.03. The van der Waals surface area contributed by atoms with Crippen LogP contribution in [-0.2, 0) is 6.54 Å². The second kappa shape index (κ2) is 15.3. The number of hydrogen-bond donors (Lipinski definition) is 0. The van der Waals surface area contributed by atoms with Gasteiger partial charge in [-0.3, -0.25) is 0 Å². The number of unbranched alkanes of at least 4 members (excludes halogenated alkanes) is 11. The van der Waals surface area contributed by atoms with Gasteiger partial charge in [-0.05, 0) is 18.9 Å². The van der Waals surface area contributed by atoms with E-state index in [1.807, 2.05) is 0 Å². The molecule has 2 heteroatoms. The van der Waals surface area contributed by atoms with Crippen LogP contribution >= 0.6 is 0 Å². The molecule has 0 saturated carbocycles. The van der Waals surface area contributed by atoms with Gasteiger partial charge in [-0.25, -0.2) is 4.57 Å². The zero-order valence-corrected chi connectivity index (χ0v) is 15.6. The van der Waals surface area contributed by atoms with Crippen LogP contribution in [0.5, 0.6) is 0 Å². The molecular formula is C20H36ClN. The minimum Gasteiger partial charge on any atom is -1.00 e. The van der Waals surface area contributed by atoms with Gasteiger partial charge in [0.15, 0.2) is 12.4 Å². The molecule has 128 valence electrons. The molecule has 0 atom stereocenters. The third-order valence-corrected chi connectivity index (χ3v) is 4.33. The molecule has 0 amide bonds. The number of rotatable bonds is 13. The molecule has 0 fully saturated rings. The lowest BCUT2D eigenvalue weighted by atomic mass is 10.1. The molecule has 1 heterocycles. The standard InChI is InChI=1S/C20H36N.ClH/c1-3-4-5-6-7-8-9-10-11-12-13-14-17-21-18-15-20(2)16-19-21;/h15-16,18-19H,3-14,17H2,1-2H3;1H/q+1;/p-1. The quantitative estimate of drug-likeness (QED) is 0.388. The van der Waals surface area contributed by atoms with Crippen LogP contribution in [0, 0.1) is 6.92 Å². The van der Waals surface area contributed by atoms with E-state index in [-0.39, 0.29) is 12.4 Å². The second-order valence-electron chi connectivity index (χ2n) is 6.50. The number of hydrogen-bond acceptors (Lipinski definition) is 0. The van der Waals surface area contributed by atoms with Crippen molar-refractivity contribution in [2.45, 2.75) is 97.4 Å². The topological polar surface area (TPSA) is 3.88 Å². The first-order valence-corrected chi connectivity index (χ1v) is 9.28. The van der Waals surface area contributed by atoms with Crippen LogP contribution in [0.4, 0.5) is 0 Å². The molecule has 1 aromatic heterocycles. The lowest BCUT2D eigenvalue weighted by Gasteiger charge is -2.02. The van der Waals surface area contributed by atoms with Crippen LogP contribution in [0.1, 0.15) is 89.5 Å². The molecule has 0 N–H and O–H groups in total. The molecule has 0 aliphatic heterocycles. The van der Waals surface area contributed by atoms with E-state index in [0.717, 1.165) is 0 Å². The molecule has 1 nitrogen and oxygen atoms in total. The summed E-state index contributed by atoms with van der Waals surface area (Å²) in [5, 5.41) is 0. The van der Waals surface area contributed by atoms with Crippen LogP contribution in [0.3, 0.4) is 0 Å². The maximum absolute atomic E-state index is 2.31. The van der Waals surface area contributed by atoms with Gasteiger partial charge in [0.2, 0.25) is 0 Å². The number of halogens is 1. The first kappa shape index (κ1) is 21.4. The number of nitrogens with zero attached hydrogens (tertiary/aromatic N) is 1. The molecule has 0 spiro atoms. The third-order valence-electron chi connectivity index (χ3n) is 4.33.